The molecule has 1 aromatic heterocycles. The van der Waals surface area contributed by atoms with E-state index in [0.29, 0.717) is 11.1 Å². The normalized spacial score (nSPS) is 11.2. The first-order chi connectivity index (χ1) is 6.44. The van der Waals surface area contributed by atoms with E-state index in [4.69, 9.17) is 0 Å². The molecule has 0 N–H and O–H groups in total. The van der Waals surface area contributed by atoms with Gasteiger partial charge in [-0.25, -0.2) is 4.79 Å². The van der Waals surface area contributed by atoms with Crippen LogP contribution in [0.2, 0.25) is 0 Å². The monoisotopic (exact) mass is 246 g/mol. The van der Waals surface area contributed by atoms with Crippen molar-refractivity contribution in [3.8, 4) is 0 Å². The first kappa shape index (κ1) is 15.5. The van der Waals surface area contributed by atoms with E-state index < -0.39 is 19.1 Å². The number of rotatable bonds is 4. The predicted octanol–water partition coefficient (Wildman–Crippen LogP) is -1.55. The van der Waals surface area contributed by atoms with Crippen molar-refractivity contribution >= 4 is 6.98 Å². The molecule has 0 saturated heterocycles. The topological polar surface area (TPSA) is 26.9 Å². The average molecular weight is 246 g/mol. The quantitative estimate of drug-likeness (QED) is 0.591. The summed E-state index contributed by atoms with van der Waals surface area (Å²) in [4.78, 5) is 11.3. The maximum atomic E-state index is 12.0. The Morgan fingerprint density at radius 3 is 2.27 bits per heavy atom. The van der Waals surface area contributed by atoms with Crippen molar-refractivity contribution in [3.63, 3.8) is 0 Å². The van der Waals surface area contributed by atoms with E-state index in [1.165, 1.54) is 17.0 Å². The minimum Gasteiger partial charge on any atom is -0.448 e. The van der Waals surface area contributed by atoms with Gasteiger partial charge in [-0.15, -0.1) is 0 Å². The van der Waals surface area contributed by atoms with Crippen molar-refractivity contribution in [2.75, 3.05) is 0 Å². The third kappa shape index (κ3) is 4.90. The van der Waals surface area contributed by atoms with Gasteiger partial charge in [0.05, 0.1) is 0 Å². The van der Waals surface area contributed by atoms with Crippen LogP contribution in [0.3, 0.4) is 0 Å². The van der Waals surface area contributed by atoms with Gasteiger partial charge in [0.1, 0.15) is 0 Å². The SMILES string of the molecule is CCCn1ccn(C[B-](F)(F)F)c1=O.[K+]. The molecule has 0 radical (unpaired) electrons. The van der Waals surface area contributed by atoms with Crippen LogP contribution in [0.15, 0.2) is 17.2 Å². The van der Waals surface area contributed by atoms with Crippen LogP contribution < -0.4 is 57.1 Å². The third-order valence-electron chi connectivity index (χ3n) is 1.79. The van der Waals surface area contributed by atoms with Gasteiger partial charge >= 0.3 is 64.1 Å². The molecule has 0 spiro atoms. The smallest absolute Gasteiger partial charge is 0.448 e. The number of hydrogen-bond donors (Lipinski definition) is 0. The Morgan fingerprint density at radius 2 is 1.80 bits per heavy atom. The molecule has 0 bridgehead atoms. The zero-order valence-corrected chi connectivity index (χ0v) is 11.9. The molecule has 0 saturated carbocycles. The summed E-state index contributed by atoms with van der Waals surface area (Å²) in [6, 6.07) is 0. The van der Waals surface area contributed by atoms with E-state index in [0.717, 1.165) is 6.42 Å². The van der Waals surface area contributed by atoms with E-state index in [1.807, 2.05) is 6.92 Å². The van der Waals surface area contributed by atoms with Crippen molar-refractivity contribution in [1.29, 1.82) is 0 Å². The summed E-state index contributed by atoms with van der Waals surface area (Å²) in [6.07, 6.45) is 2.12. The number of hydrogen-bond acceptors (Lipinski definition) is 1. The summed E-state index contributed by atoms with van der Waals surface area (Å²) < 4.78 is 38.0. The molecule has 80 valence electrons. The number of aromatic nitrogens is 2. The second kappa shape index (κ2) is 6.29. The largest absolute Gasteiger partial charge is 1.00 e. The maximum absolute atomic E-state index is 12.0. The molecule has 1 rings (SSSR count). The maximum Gasteiger partial charge on any atom is 1.00 e. The van der Waals surface area contributed by atoms with Crippen LogP contribution >= 0.6 is 0 Å². The van der Waals surface area contributed by atoms with E-state index in [9.17, 15) is 17.7 Å². The zero-order chi connectivity index (χ0) is 10.8. The van der Waals surface area contributed by atoms with Crippen molar-refractivity contribution < 1.29 is 64.3 Å². The Kier molecular flexibility index (Phi) is 6.50. The molecule has 8 heteroatoms. The summed E-state index contributed by atoms with van der Waals surface area (Å²) in [7, 11) is 0. The number of imidazole rings is 1. The standard InChI is InChI=1S/C7H11BF3N2O.K/c1-2-3-12-4-5-13(7(12)14)6-8(9,10)11;/h4-5H,2-3,6H2,1H3;/q-1;+1. The molecule has 3 nitrogen and oxygen atoms in total. The van der Waals surface area contributed by atoms with Gasteiger partial charge in [0.15, 0.2) is 0 Å². The van der Waals surface area contributed by atoms with E-state index in [1.54, 1.807) is 0 Å². The molecule has 15 heavy (non-hydrogen) atoms. The first-order valence-electron chi connectivity index (χ1n) is 4.40. The van der Waals surface area contributed by atoms with Gasteiger partial charge in [0.2, 0.25) is 0 Å². The Balaban J connectivity index is 0.00000196. The Hall–Kier alpha value is 0.501. The van der Waals surface area contributed by atoms with Gasteiger partial charge in [0.25, 0.3) is 0 Å². The summed E-state index contributed by atoms with van der Waals surface area (Å²) in [6.45, 7) is -2.64. The molecule has 0 unspecified atom stereocenters. The van der Waals surface area contributed by atoms with Crippen molar-refractivity contribution in [2.24, 2.45) is 0 Å². The Bertz CT molecular complexity index is 360. The van der Waals surface area contributed by atoms with Crippen molar-refractivity contribution in [3.05, 3.63) is 22.9 Å². The van der Waals surface area contributed by atoms with Gasteiger partial charge in [-0.3, -0.25) is 4.57 Å². The minimum atomic E-state index is -4.95. The Morgan fingerprint density at radius 1 is 1.27 bits per heavy atom. The van der Waals surface area contributed by atoms with Crippen LogP contribution in [0, 0.1) is 0 Å². The van der Waals surface area contributed by atoms with Gasteiger partial charge in [-0.05, 0) is 12.9 Å². The third-order valence-corrected chi connectivity index (χ3v) is 1.79. The molecular formula is C7H11BF3KN2O. The minimum absolute atomic E-state index is 0. The number of nitrogens with zero attached hydrogens (tertiary/aromatic N) is 2. The molecule has 0 amide bonds. The van der Waals surface area contributed by atoms with E-state index >= 15 is 0 Å². The van der Waals surface area contributed by atoms with Gasteiger partial charge < -0.3 is 17.5 Å². The molecule has 0 aliphatic rings. The molecule has 0 atom stereocenters. The Labute approximate surface area is 128 Å². The fraction of sp³-hybridized carbons (Fsp3) is 0.571. The summed E-state index contributed by atoms with van der Waals surface area (Å²) in [5.41, 5.74) is -0.592. The van der Waals surface area contributed by atoms with Crippen LogP contribution in [-0.2, 0) is 13.0 Å². The molecule has 0 aliphatic heterocycles. The number of aryl methyl sites for hydroxylation is 1. The summed E-state index contributed by atoms with van der Waals surface area (Å²) >= 11 is 0. The first-order valence-corrected chi connectivity index (χ1v) is 4.40. The number of halogens is 3. The van der Waals surface area contributed by atoms with Gasteiger partial charge in [-0.1, -0.05) is 6.92 Å². The van der Waals surface area contributed by atoms with Crippen molar-refractivity contribution in [1.82, 2.24) is 9.13 Å². The van der Waals surface area contributed by atoms with E-state index in [2.05, 4.69) is 0 Å². The van der Waals surface area contributed by atoms with Crippen LogP contribution in [0.4, 0.5) is 12.9 Å². The molecule has 0 aliphatic carbocycles. The molecular weight excluding hydrogens is 235 g/mol. The molecule has 1 heterocycles. The van der Waals surface area contributed by atoms with Gasteiger partial charge in [-0.2, -0.15) is 0 Å². The summed E-state index contributed by atoms with van der Waals surface area (Å²) in [5.74, 6) is 0. The van der Waals surface area contributed by atoms with Crippen LogP contribution in [0.1, 0.15) is 13.3 Å². The summed E-state index contributed by atoms with van der Waals surface area (Å²) in [5, 5.41) is 0. The fourth-order valence-corrected chi connectivity index (χ4v) is 1.23. The fourth-order valence-electron chi connectivity index (χ4n) is 1.23. The van der Waals surface area contributed by atoms with Crippen LogP contribution in [0.25, 0.3) is 0 Å². The second-order valence-corrected chi connectivity index (χ2v) is 3.14. The van der Waals surface area contributed by atoms with Gasteiger partial charge in [0, 0.05) is 18.9 Å². The molecule has 0 aromatic carbocycles. The predicted molar refractivity (Wildman–Crippen MR) is 48.1 cm³/mol. The van der Waals surface area contributed by atoms with Crippen LogP contribution in [0.5, 0.6) is 0 Å². The molecule has 1 aromatic rings. The van der Waals surface area contributed by atoms with E-state index in [-0.39, 0.29) is 51.4 Å². The average Bonchev–Trinajstić information content (AvgIpc) is 2.34. The second-order valence-electron chi connectivity index (χ2n) is 3.14. The zero-order valence-electron chi connectivity index (χ0n) is 8.79. The van der Waals surface area contributed by atoms with Crippen LogP contribution in [-0.4, -0.2) is 16.1 Å². The molecule has 0 fully saturated rings. The van der Waals surface area contributed by atoms with Crippen molar-refractivity contribution in [2.45, 2.75) is 26.3 Å².